The van der Waals surface area contributed by atoms with Gasteiger partial charge in [-0.25, -0.2) is 4.79 Å². The standard InChI is InChI=1S/C9H13N3O4/c10-6-1-2-12(8(14)11-6)7-3-9(15,4-13)5-16-7/h1-2,7,13,15H,3-5H2,(H2,10,11,14)/t7-,9+/m1/s1. The lowest BCUT2D eigenvalue weighted by atomic mass is 10.0. The lowest BCUT2D eigenvalue weighted by molar-refractivity contribution is -0.0239. The third-order valence-electron chi connectivity index (χ3n) is 2.56. The molecule has 1 fully saturated rings. The zero-order valence-electron chi connectivity index (χ0n) is 8.54. The average Bonchev–Trinajstić information content (AvgIpc) is 2.62. The molecule has 0 aliphatic carbocycles. The Morgan fingerprint density at radius 2 is 2.50 bits per heavy atom. The molecule has 0 spiro atoms. The fraction of sp³-hybridized carbons (Fsp3) is 0.556. The molecule has 2 rings (SSSR count). The number of aromatic nitrogens is 2. The molecule has 1 aliphatic heterocycles. The molecular weight excluding hydrogens is 214 g/mol. The van der Waals surface area contributed by atoms with Crippen LogP contribution in [0.15, 0.2) is 17.1 Å². The Kier molecular flexibility index (Phi) is 2.66. The van der Waals surface area contributed by atoms with E-state index in [0.29, 0.717) is 0 Å². The van der Waals surface area contributed by atoms with Crippen molar-refractivity contribution < 1.29 is 14.9 Å². The third-order valence-corrected chi connectivity index (χ3v) is 2.56. The first-order valence-corrected chi connectivity index (χ1v) is 4.84. The van der Waals surface area contributed by atoms with E-state index in [9.17, 15) is 9.90 Å². The molecule has 16 heavy (non-hydrogen) atoms. The largest absolute Gasteiger partial charge is 0.393 e. The molecule has 1 aliphatic rings. The second-order valence-electron chi connectivity index (χ2n) is 3.89. The van der Waals surface area contributed by atoms with Crippen LogP contribution in [0, 0.1) is 0 Å². The third kappa shape index (κ3) is 1.92. The van der Waals surface area contributed by atoms with Gasteiger partial charge in [-0.3, -0.25) is 4.57 Å². The number of anilines is 1. The van der Waals surface area contributed by atoms with E-state index < -0.39 is 24.1 Å². The highest BCUT2D eigenvalue weighted by Crippen LogP contribution is 2.29. The van der Waals surface area contributed by atoms with Crippen LogP contribution in [0.2, 0.25) is 0 Å². The fourth-order valence-electron chi connectivity index (χ4n) is 1.63. The number of nitrogens with zero attached hydrogens (tertiary/aromatic N) is 2. The van der Waals surface area contributed by atoms with E-state index in [1.807, 2.05) is 0 Å². The van der Waals surface area contributed by atoms with Crippen LogP contribution in [0.3, 0.4) is 0 Å². The summed E-state index contributed by atoms with van der Waals surface area (Å²) in [6.45, 7) is -0.411. The van der Waals surface area contributed by atoms with Crippen LogP contribution in [-0.2, 0) is 4.74 Å². The molecule has 7 heteroatoms. The van der Waals surface area contributed by atoms with Crippen LogP contribution in [0.25, 0.3) is 0 Å². The quantitative estimate of drug-likeness (QED) is 0.565. The molecular formula is C9H13N3O4. The Bertz CT molecular complexity index is 447. The predicted molar refractivity (Wildman–Crippen MR) is 54.6 cm³/mol. The lowest BCUT2D eigenvalue weighted by Crippen LogP contribution is -2.34. The van der Waals surface area contributed by atoms with E-state index in [4.69, 9.17) is 15.6 Å². The van der Waals surface area contributed by atoms with Gasteiger partial charge in [0.2, 0.25) is 0 Å². The van der Waals surface area contributed by atoms with Crippen LogP contribution >= 0.6 is 0 Å². The maximum absolute atomic E-state index is 11.5. The number of nitrogen functional groups attached to an aromatic ring is 1. The molecule has 1 saturated heterocycles. The monoisotopic (exact) mass is 227 g/mol. The molecule has 0 unspecified atom stereocenters. The van der Waals surface area contributed by atoms with Gasteiger partial charge >= 0.3 is 5.69 Å². The summed E-state index contributed by atoms with van der Waals surface area (Å²) >= 11 is 0. The highest BCUT2D eigenvalue weighted by Gasteiger charge is 2.39. The minimum Gasteiger partial charge on any atom is -0.393 e. The van der Waals surface area contributed by atoms with Crippen molar-refractivity contribution in [1.82, 2.24) is 9.55 Å². The van der Waals surface area contributed by atoms with E-state index in [1.165, 1.54) is 16.8 Å². The molecule has 0 saturated carbocycles. The van der Waals surface area contributed by atoms with Gasteiger partial charge in [0.25, 0.3) is 0 Å². The molecule has 2 atom stereocenters. The Labute approximate surface area is 91.1 Å². The summed E-state index contributed by atoms with van der Waals surface area (Å²) < 4.78 is 6.48. The number of hydrogen-bond acceptors (Lipinski definition) is 6. The summed E-state index contributed by atoms with van der Waals surface area (Å²) in [5, 5.41) is 18.7. The summed E-state index contributed by atoms with van der Waals surface area (Å²) in [5.74, 6) is 0.136. The smallest absolute Gasteiger partial charge is 0.351 e. The SMILES string of the molecule is Nc1ccn([C@H]2C[C@](O)(CO)CO2)c(=O)n1. The fourth-order valence-corrected chi connectivity index (χ4v) is 1.63. The summed E-state index contributed by atoms with van der Waals surface area (Å²) in [7, 11) is 0. The summed E-state index contributed by atoms with van der Waals surface area (Å²) in [6, 6.07) is 1.47. The van der Waals surface area contributed by atoms with Crippen LogP contribution in [-0.4, -0.2) is 38.6 Å². The molecule has 4 N–H and O–H groups in total. The average molecular weight is 227 g/mol. The number of rotatable bonds is 2. The first-order valence-electron chi connectivity index (χ1n) is 4.84. The molecule has 7 nitrogen and oxygen atoms in total. The zero-order valence-corrected chi connectivity index (χ0v) is 8.54. The van der Waals surface area contributed by atoms with Crippen molar-refractivity contribution >= 4 is 5.82 Å². The van der Waals surface area contributed by atoms with Crippen molar-refractivity contribution in [3.05, 3.63) is 22.7 Å². The minimum atomic E-state index is -1.29. The van der Waals surface area contributed by atoms with Gasteiger partial charge in [-0.05, 0) is 6.07 Å². The molecule has 0 radical (unpaired) electrons. The first-order chi connectivity index (χ1) is 7.54. The molecule has 0 aromatic carbocycles. The van der Waals surface area contributed by atoms with Crippen molar-refractivity contribution in [1.29, 1.82) is 0 Å². The van der Waals surface area contributed by atoms with Gasteiger partial charge in [0.15, 0.2) is 0 Å². The normalized spacial score (nSPS) is 29.5. The molecule has 1 aromatic rings. The van der Waals surface area contributed by atoms with Crippen LogP contribution in [0.1, 0.15) is 12.6 Å². The van der Waals surface area contributed by atoms with E-state index >= 15 is 0 Å². The Hall–Kier alpha value is -1.44. The van der Waals surface area contributed by atoms with Crippen LogP contribution in [0.5, 0.6) is 0 Å². The van der Waals surface area contributed by atoms with Gasteiger partial charge in [-0.2, -0.15) is 4.98 Å². The number of ether oxygens (including phenoxy) is 1. The molecule has 1 aromatic heterocycles. The Morgan fingerprint density at radius 3 is 3.06 bits per heavy atom. The van der Waals surface area contributed by atoms with Crippen molar-refractivity contribution in [3.63, 3.8) is 0 Å². The second kappa shape index (κ2) is 3.85. The topological polar surface area (TPSA) is 111 Å². The summed E-state index contributed by atoms with van der Waals surface area (Å²) in [5.41, 5.74) is 3.53. The highest BCUT2D eigenvalue weighted by atomic mass is 16.5. The molecule has 0 amide bonds. The Balaban J connectivity index is 2.24. The van der Waals surface area contributed by atoms with E-state index in [2.05, 4.69) is 4.98 Å². The number of aliphatic hydroxyl groups excluding tert-OH is 1. The minimum absolute atomic E-state index is 0.00895. The molecule has 88 valence electrons. The highest BCUT2D eigenvalue weighted by molar-refractivity contribution is 5.23. The van der Waals surface area contributed by atoms with Crippen molar-refractivity contribution in [3.8, 4) is 0 Å². The van der Waals surface area contributed by atoms with Crippen molar-refractivity contribution in [2.75, 3.05) is 18.9 Å². The van der Waals surface area contributed by atoms with Crippen molar-refractivity contribution in [2.45, 2.75) is 18.2 Å². The maximum atomic E-state index is 11.5. The molecule has 0 bridgehead atoms. The van der Waals surface area contributed by atoms with Gasteiger partial charge in [0.05, 0.1) is 13.2 Å². The Morgan fingerprint density at radius 1 is 1.75 bits per heavy atom. The first kappa shape index (κ1) is 11.1. The van der Waals surface area contributed by atoms with Gasteiger partial charge in [0.1, 0.15) is 17.6 Å². The van der Waals surface area contributed by atoms with Gasteiger partial charge in [0, 0.05) is 12.6 Å². The second-order valence-corrected chi connectivity index (χ2v) is 3.89. The predicted octanol–water partition coefficient (Wildman–Crippen LogP) is -1.53. The number of aliphatic hydroxyl groups is 2. The van der Waals surface area contributed by atoms with Gasteiger partial charge < -0.3 is 20.7 Å². The zero-order chi connectivity index (χ0) is 11.8. The van der Waals surface area contributed by atoms with Crippen LogP contribution in [0.4, 0.5) is 5.82 Å². The number of nitrogens with two attached hydrogens (primary N) is 1. The van der Waals surface area contributed by atoms with Gasteiger partial charge in [-0.15, -0.1) is 0 Å². The van der Waals surface area contributed by atoms with E-state index in [1.54, 1.807) is 0 Å². The van der Waals surface area contributed by atoms with Crippen LogP contribution < -0.4 is 11.4 Å². The lowest BCUT2D eigenvalue weighted by Gasteiger charge is -2.16. The van der Waals surface area contributed by atoms with E-state index in [-0.39, 0.29) is 18.8 Å². The molecule has 2 heterocycles. The maximum Gasteiger partial charge on any atom is 0.351 e. The summed E-state index contributed by atoms with van der Waals surface area (Å²) in [4.78, 5) is 15.0. The number of hydrogen-bond donors (Lipinski definition) is 3. The van der Waals surface area contributed by atoms with E-state index in [0.717, 1.165) is 0 Å². The van der Waals surface area contributed by atoms with Crippen molar-refractivity contribution in [2.24, 2.45) is 0 Å². The summed E-state index contributed by atoms with van der Waals surface area (Å²) in [6.07, 6.45) is 0.991. The van der Waals surface area contributed by atoms with Gasteiger partial charge in [-0.1, -0.05) is 0 Å².